The van der Waals surface area contributed by atoms with E-state index in [0.29, 0.717) is 11.4 Å². The molecule has 0 unspecified atom stereocenters. The van der Waals surface area contributed by atoms with E-state index in [4.69, 9.17) is 4.74 Å². The molecular weight excluding hydrogens is 311 g/mol. The first-order valence-electron chi connectivity index (χ1n) is 7.70. The van der Waals surface area contributed by atoms with E-state index in [1.807, 2.05) is 0 Å². The normalized spacial score (nSPS) is 13.2. The lowest BCUT2D eigenvalue weighted by Crippen LogP contribution is -2.20. The summed E-state index contributed by atoms with van der Waals surface area (Å²) >= 11 is 0. The summed E-state index contributed by atoms with van der Waals surface area (Å²) in [5.41, 5.74) is 1.26. The summed E-state index contributed by atoms with van der Waals surface area (Å²) in [5, 5.41) is 5.47. The highest BCUT2D eigenvalue weighted by Gasteiger charge is 2.29. The molecular formula is C18H17FN2O3. The van der Waals surface area contributed by atoms with Crippen LogP contribution in [0.15, 0.2) is 48.5 Å². The lowest BCUT2D eigenvalue weighted by atomic mass is 10.2. The third-order valence-electron chi connectivity index (χ3n) is 3.58. The van der Waals surface area contributed by atoms with Crippen LogP contribution in [0.2, 0.25) is 0 Å². The van der Waals surface area contributed by atoms with Crippen molar-refractivity contribution in [2.75, 3.05) is 17.2 Å². The molecule has 0 radical (unpaired) electrons. The maximum Gasteiger partial charge on any atom is 0.262 e. The minimum absolute atomic E-state index is 0.0325. The van der Waals surface area contributed by atoms with Gasteiger partial charge >= 0.3 is 0 Å². The highest BCUT2D eigenvalue weighted by molar-refractivity contribution is 5.95. The molecule has 0 bridgehead atoms. The third kappa shape index (κ3) is 4.32. The van der Waals surface area contributed by atoms with Crippen molar-refractivity contribution in [3.8, 4) is 5.75 Å². The fourth-order valence-corrected chi connectivity index (χ4v) is 2.13. The molecule has 0 heterocycles. The molecule has 0 atom stereocenters. The van der Waals surface area contributed by atoms with Gasteiger partial charge < -0.3 is 15.4 Å². The van der Waals surface area contributed by atoms with Crippen molar-refractivity contribution in [2.45, 2.75) is 12.8 Å². The lowest BCUT2D eigenvalue weighted by Gasteiger charge is -2.09. The first-order chi connectivity index (χ1) is 11.6. The van der Waals surface area contributed by atoms with Gasteiger partial charge in [0, 0.05) is 17.3 Å². The fourth-order valence-electron chi connectivity index (χ4n) is 2.13. The van der Waals surface area contributed by atoms with Crippen LogP contribution in [0, 0.1) is 11.7 Å². The van der Waals surface area contributed by atoms with E-state index in [9.17, 15) is 14.0 Å². The molecule has 24 heavy (non-hydrogen) atoms. The average molecular weight is 328 g/mol. The predicted molar refractivity (Wildman–Crippen MR) is 88.3 cm³/mol. The molecule has 1 aliphatic rings. The van der Waals surface area contributed by atoms with Gasteiger partial charge in [0.1, 0.15) is 0 Å². The molecule has 5 nitrogen and oxygen atoms in total. The van der Waals surface area contributed by atoms with E-state index in [1.165, 1.54) is 12.1 Å². The van der Waals surface area contributed by atoms with Gasteiger partial charge in [0.05, 0.1) is 0 Å². The summed E-state index contributed by atoms with van der Waals surface area (Å²) in [6.07, 6.45) is 1.89. The van der Waals surface area contributed by atoms with Crippen LogP contribution in [0.25, 0.3) is 0 Å². The van der Waals surface area contributed by atoms with Crippen molar-refractivity contribution in [2.24, 2.45) is 5.92 Å². The van der Waals surface area contributed by atoms with Gasteiger partial charge in [0.15, 0.2) is 18.2 Å². The number of para-hydroxylation sites is 1. The maximum atomic E-state index is 13.4. The monoisotopic (exact) mass is 328 g/mol. The van der Waals surface area contributed by atoms with E-state index in [1.54, 1.807) is 36.4 Å². The third-order valence-corrected chi connectivity index (χ3v) is 3.58. The number of nitrogens with one attached hydrogen (secondary N) is 2. The van der Waals surface area contributed by atoms with E-state index in [0.717, 1.165) is 12.8 Å². The van der Waals surface area contributed by atoms with Crippen LogP contribution in [0.4, 0.5) is 15.8 Å². The molecule has 2 aromatic rings. The number of halogens is 1. The van der Waals surface area contributed by atoms with Gasteiger partial charge in [-0.2, -0.15) is 0 Å². The number of benzene rings is 2. The fraction of sp³-hybridized carbons (Fsp3) is 0.222. The highest BCUT2D eigenvalue weighted by Crippen LogP contribution is 2.30. The number of carbonyl (C=O) groups excluding carboxylic acids is 2. The molecule has 2 aromatic carbocycles. The Morgan fingerprint density at radius 3 is 2.25 bits per heavy atom. The number of rotatable bonds is 6. The van der Waals surface area contributed by atoms with Gasteiger partial charge in [-0.1, -0.05) is 12.1 Å². The van der Waals surface area contributed by atoms with E-state index < -0.39 is 11.7 Å². The van der Waals surface area contributed by atoms with E-state index in [2.05, 4.69) is 10.6 Å². The number of hydrogen-bond donors (Lipinski definition) is 2. The van der Waals surface area contributed by atoms with Gasteiger partial charge in [-0.25, -0.2) is 4.39 Å². The van der Waals surface area contributed by atoms with Gasteiger partial charge in [0.25, 0.3) is 5.91 Å². The molecule has 2 amide bonds. The summed E-state index contributed by atoms with van der Waals surface area (Å²) in [6.45, 7) is -0.291. The Bertz CT molecular complexity index is 742. The van der Waals surface area contributed by atoms with Crippen molar-refractivity contribution in [1.29, 1.82) is 0 Å². The number of carbonyl (C=O) groups is 2. The van der Waals surface area contributed by atoms with Gasteiger partial charge in [-0.3, -0.25) is 9.59 Å². The zero-order chi connectivity index (χ0) is 16.9. The van der Waals surface area contributed by atoms with Crippen molar-refractivity contribution >= 4 is 23.2 Å². The Hall–Kier alpha value is -2.89. The summed E-state index contributed by atoms with van der Waals surface area (Å²) < 4.78 is 18.5. The highest BCUT2D eigenvalue weighted by atomic mass is 19.1. The Morgan fingerprint density at radius 1 is 1.00 bits per heavy atom. The quantitative estimate of drug-likeness (QED) is 0.856. The molecule has 0 saturated heterocycles. The Kier molecular flexibility index (Phi) is 4.74. The van der Waals surface area contributed by atoms with Crippen LogP contribution >= 0.6 is 0 Å². The summed E-state index contributed by atoms with van der Waals surface area (Å²) in [5.74, 6) is -0.704. The first-order valence-corrected chi connectivity index (χ1v) is 7.70. The van der Waals surface area contributed by atoms with Crippen molar-refractivity contribution in [3.63, 3.8) is 0 Å². The van der Waals surface area contributed by atoms with Crippen LogP contribution in [0.3, 0.4) is 0 Å². The molecule has 0 spiro atoms. The largest absolute Gasteiger partial charge is 0.481 e. The van der Waals surface area contributed by atoms with Crippen molar-refractivity contribution in [1.82, 2.24) is 0 Å². The molecule has 6 heteroatoms. The van der Waals surface area contributed by atoms with Crippen LogP contribution in [0.1, 0.15) is 12.8 Å². The van der Waals surface area contributed by atoms with Crippen LogP contribution in [-0.2, 0) is 9.59 Å². The molecule has 1 saturated carbocycles. The number of amides is 2. The topological polar surface area (TPSA) is 67.4 Å². The predicted octanol–water partition coefficient (Wildman–Crippen LogP) is 3.19. The molecule has 2 N–H and O–H groups in total. The Balaban J connectivity index is 1.49. The molecule has 0 aromatic heterocycles. The second-order valence-electron chi connectivity index (χ2n) is 5.61. The van der Waals surface area contributed by atoms with Crippen LogP contribution in [-0.4, -0.2) is 18.4 Å². The Morgan fingerprint density at radius 2 is 1.62 bits per heavy atom. The number of hydrogen-bond acceptors (Lipinski definition) is 3. The second-order valence-corrected chi connectivity index (χ2v) is 5.61. The summed E-state index contributed by atoms with van der Waals surface area (Å²) in [4.78, 5) is 23.5. The SMILES string of the molecule is O=C(COc1ccccc1F)Nc1ccc(NC(=O)C2CC2)cc1. The van der Waals surface area contributed by atoms with Crippen molar-refractivity contribution in [3.05, 3.63) is 54.3 Å². The molecule has 124 valence electrons. The molecule has 1 fully saturated rings. The smallest absolute Gasteiger partial charge is 0.262 e. The first kappa shape index (κ1) is 16.0. The molecule has 1 aliphatic carbocycles. The zero-order valence-electron chi connectivity index (χ0n) is 12.9. The van der Waals surface area contributed by atoms with Gasteiger partial charge in [-0.05, 0) is 49.2 Å². The number of anilines is 2. The average Bonchev–Trinajstić information content (AvgIpc) is 3.41. The molecule has 0 aliphatic heterocycles. The minimum atomic E-state index is -0.513. The number of ether oxygens (including phenoxy) is 1. The standard InChI is InChI=1S/C18H17FN2O3/c19-15-3-1-2-4-16(15)24-11-17(22)20-13-7-9-14(10-8-13)21-18(23)12-5-6-12/h1-4,7-10,12H,5-6,11H2,(H,20,22)(H,21,23). The van der Waals surface area contributed by atoms with Crippen LogP contribution in [0.5, 0.6) is 5.75 Å². The van der Waals surface area contributed by atoms with Gasteiger partial charge in [0.2, 0.25) is 5.91 Å². The van der Waals surface area contributed by atoms with Crippen molar-refractivity contribution < 1.29 is 18.7 Å². The van der Waals surface area contributed by atoms with E-state index >= 15 is 0 Å². The van der Waals surface area contributed by atoms with Gasteiger partial charge in [-0.15, -0.1) is 0 Å². The minimum Gasteiger partial charge on any atom is -0.481 e. The summed E-state index contributed by atoms with van der Waals surface area (Å²) in [6, 6.07) is 12.7. The van der Waals surface area contributed by atoms with E-state index in [-0.39, 0.29) is 24.2 Å². The Labute approximate surface area is 138 Å². The second kappa shape index (κ2) is 7.12. The van der Waals surface area contributed by atoms with Crippen LogP contribution < -0.4 is 15.4 Å². The maximum absolute atomic E-state index is 13.4. The molecule has 3 rings (SSSR count). The zero-order valence-corrected chi connectivity index (χ0v) is 12.9. The lowest BCUT2D eigenvalue weighted by molar-refractivity contribution is -0.118. The summed E-state index contributed by atoms with van der Waals surface area (Å²) in [7, 11) is 0.